The molecule has 7 heteroatoms. The van der Waals surface area contributed by atoms with E-state index in [1.165, 1.54) is 0 Å². The molecular formula is C10H10F3O4. The van der Waals surface area contributed by atoms with E-state index in [4.69, 9.17) is 0 Å². The van der Waals surface area contributed by atoms with Crippen molar-refractivity contribution in [3.63, 3.8) is 0 Å². The zero-order chi connectivity index (χ0) is 13.4. The molecule has 1 aliphatic carbocycles. The molecule has 17 heavy (non-hydrogen) atoms. The van der Waals surface area contributed by atoms with Crippen LogP contribution in [0.5, 0.6) is 0 Å². The topological polar surface area (TPSA) is 71.4 Å². The number of halogens is 3. The molecule has 95 valence electrons. The van der Waals surface area contributed by atoms with Crippen LogP contribution in [-0.4, -0.2) is 35.2 Å². The van der Waals surface area contributed by atoms with Crippen molar-refractivity contribution in [2.24, 2.45) is 11.3 Å². The molecule has 0 amide bonds. The Balaban J connectivity index is 2.98. The van der Waals surface area contributed by atoms with Gasteiger partial charge in [0.1, 0.15) is 11.5 Å². The van der Waals surface area contributed by atoms with Gasteiger partial charge in [0.15, 0.2) is 5.78 Å². The standard InChI is InChI=1S/C10H10F3O4/c1-9(4-14,8(17)10(11,12)13)7(16)6(15)5-2-3-5/h5,7,16H,2-3H2,1H3/t7-,9?/m0/s1. The van der Waals surface area contributed by atoms with Crippen molar-refractivity contribution in [2.45, 2.75) is 32.0 Å². The normalized spacial score (nSPS) is 21.5. The quantitative estimate of drug-likeness (QED) is 0.725. The van der Waals surface area contributed by atoms with Gasteiger partial charge in [-0.3, -0.25) is 14.4 Å². The molecule has 0 bridgehead atoms. The fourth-order valence-electron chi connectivity index (χ4n) is 1.40. The fraction of sp³-hybridized carbons (Fsp3) is 0.700. The summed E-state index contributed by atoms with van der Waals surface area (Å²) in [5.41, 5.74) is -2.88. The Labute approximate surface area is 94.8 Å². The minimum atomic E-state index is -5.29. The Morgan fingerprint density at radius 1 is 1.35 bits per heavy atom. The van der Waals surface area contributed by atoms with Crippen molar-refractivity contribution < 1.29 is 32.7 Å². The number of ketones is 2. The van der Waals surface area contributed by atoms with Gasteiger partial charge < -0.3 is 5.11 Å². The summed E-state index contributed by atoms with van der Waals surface area (Å²) >= 11 is 0. The molecule has 1 aliphatic rings. The lowest BCUT2D eigenvalue weighted by Gasteiger charge is -2.26. The Morgan fingerprint density at radius 2 is 1.82 bits per heavy atom. The molecule has 0 aromatic rings. The lowest BCUT2D eigenvalue weighted by molar-refractivity contribution is -0.183. The molecule has 1 unspecified atom stereocenters. The Bertz CT molecular complexity index is 359. The highest BCUT2D eigenvalue weighted by Gasteiger charge is 2.57. The van der Waals surface area contributed by atoms with Crippen LogP contribution in [0, 0.1) is 11.3 Å². The smallest absolute Gasteiger partial charge is 0.384 e. The highest BCUT2D eigenvalue weighted by Crippen LogP contribution is 2.37. The van der Waals surface area contributed by atoms with E-state index in [2.05, 4.69) is 0 Å². The molecule has 0 aromatic carbocycles. The molecule has 4 nitrogen and oxygen atoms in total. The van der Waals surface area contributed by atoms with Gasteiger partial charge in [-0.05, 0) is 19.8 Å². The number of rotatable bonds is 5. The second-order valence-corrected chi connectivity index (χ2v) is 4.21. The summed E-state index contributed by atoms with van der Waals surface area (Å²) in [4.78, 5) is 32.9. The summed E-state index contributed by atoms with van der Waals surface area (Å²) in [6.45, 7) is 0.570. The maximum atomic E-state index is 12.2. The molecular weight excluding hydrogens is 241 g/mol. The fourth-order valence-corrected chi connectivity index (χ4v) is 1.40. The van der Waals surface area contributed by atoms with E-state index in [0.29, 0.717) is 19.8 Å². The maximum absolute atomic E-state index is 12.2. The van der Waals surface area contributed by atoms with Gasteiger partial charge in [-0.15, -0.1) is 0 Å². The van der Waals surface area contributed by atoms with Crippen molar-refractivity contribution in [1.29, 1.82) is 0 Å². The third kappa shape index (κ3) is 2.54. The molecule has 1 radical (unpaired) electrons. The van der Waals surface area contributed by atoms with E-state index in [1.807, 2.05) is 0 Å². The van der Waals surface area contributed by atoms with E-state index in [-0.39, 0.29) is 0 Å². The Hall–Kier alpha value is -1.24. The molecule has 0 aromatic heterocycles. The van der Waals surface area contributed by atoms with Gasteiger partial charge in [-0.25, -0.2) is 0 Å². The number of alkyl halides is 3. The first-order valence-corrected chi connectivity index (χ1v) is 4.87. The summed E-state index contributed by atoms with van der Waals surface area (Å²) in [6.07, 6.45) is -5.83. The highest BCUT2D eigenvalue weighted by molar-refractivity contribution is 6.07. The lowest BCUT2D eigenvalue weighted by Crippen LogP contribution is -2.51. The first kappa shape index (κ1) is 13.8. The van der Waals surface area contributed by atoms with E-state index in [0.717, 1.165) is 6.29 Å². The van der Waals surface area contributed by atoms with Crippen LogP contribution in [0.4, 0.5) is 13.2 Å². The zero-order valence-electron chi connectivity index (χ0n) is 8.87. The van der Waals surface area contributed by atoms with Gasteiger partial charge in [0, 0.05) is 5.92 Å². The van der Waals surface area contributed by atoms with E-state index in [1.54, 1.807) is 0 Å². The average Bonchev–Trinajstić information content (AvgIpc) is 3.07. The predicted octanol–water partition coefficient (Wildman–Crippen LogP) is 0.574. The van der Waals surface area contributed by atoms with Crippen molar-refractivity contribution in [3.8, 4) is 0 Å². The minimum absolute atomic E-state index is 0.449. The molecule has 0 spiro atoms. The second-order valence-electron chi connectivity index (χ2n) is 4.21. The molecule has 1 N–H and O–H groups in total. The number of hydrogen-bond acceptors (Lipinski definition) is 4. The molecule has 0 aliphatic heterocycles. The SMILES string of the molecule is CC([C]=O)(C(=O)C(F)(F)F)[C@@H](O)C(=O)C1CC1. The number of aliphatic hydroxyl groups excluding tert-OH is 1. The Morgan fingerprint density at radius 3 is 2.12 bits per heavy atom. The van der Waals surface area contributed by atoms with Crippen LogP contribution < -0.4 is 0 Å². The van der Waals surface area contributed by atoms with E-state index >= 15 is 0 Å². The van der Waals surface area contributed by atoms with Crippen LogP contribution in [-0.2, 0) is 14.4 Å². The van der Waals surface area contributed by atoms with Crippen LogP contribution in [0.3, 0.4) is 0 Å². The van der Waals surface area contributed by atoms with Crippen LogP contribution in [0.25, 0.3) is 0 Å². The van der Waals surface area contributed by atoms with Gasteiger partial charge in [-0.1, -0.05) is 0 Å². The molecule has 1 fully saturated rings. The van der Waals surface area contributed by atoms with Gasteiger partial charge >= 0.3 is 6.18 Å². The Kier molecular flexibility index (Phi) is 3.42. The first-order chi connectivity index (χ1) is 7.64. The third-order valence-electron chi connectivity index (χ3n) is 2.74. The van der Waals surface area contributed by atoms with Gasteiger partial charge in [0.25, 0.3) is 5.78 Å². The van der Waals surface area contributed by atoms with Gasteiger partial charge in [0.2, 0.25) is 6.29 Å². The molecule has 1 saturated carbocycles. The average molecular weight is 251 g/mol. The molecule has 0 heterocycles. The number of Topliss-reactive ketones (excluding diaryl/α,β-unsaturated/α-hetero) is 2. The van der Waals surface area contributed by atoms with Crippen molar-refractivity contribution in [2.75, 3.05) is 0 Å². The predicted molar refractivity (Wildman–Crippen MR) is 48.6 cm³/mol. The van der Waals surface area contributed by atoms with Gasteiger partial charge in [-0.2, -0.15) is 13.2 Å². The number of hydrogen-bond donors (Lipinski definition) is 1. The number of carbonyl (C=O) groups excluding carboxylic acids is 3. The summed E-state index contributed by atoms with van der Waals surface area (Å²) in [6, 6.07) is 0. The molecule has 2 atom stereocenters. The van der Waals surface area contributed by atoms with Crippen molar-refractivity contribution in [3.05, 3.63) is 0 Å². The lowest BCUT2D eigenvalue weighted by atomic mass is 9.78. The first-order valence-electron chi connectivity index (χ1n) is 4.87. The van der Waals surface area contributed by atoms with Crippen LogP contribution in [0.1, 0.15) is 19.8 Å². The van der Waals surface area contributed by atoms with Crippen LogP contribution in [0.15, 0.2) is 0 Å². The monoisotopic (exact) mass is 251 g/mol. The summed E-state index contributed by atoms with van der Waals surface area (Å²) < 4.78 is 36.7. The van der Waals surface area contributed by atoms with Crippen LogP contribution >= 0.6 is 0 Å². The van der Waals surface area contributed by atoms with E-state index < -0.39 is 35.2 Å². The van der Waals surface area contributed by atoms with Crippen molar-refractivity contribution >= 4 is 17.9 Å². The highest BCUT2D eigenvalue weighted by atomic mass is 19.4. The zero-order valence-corrected chi connectivity index (χ0v) is 8.87. The second kappa shape index (κ2) is 4.21. The van der Waals surface area contributed by atoms with E-state index in [9.17, 15) is 32.7 Å². The largest absolute Gasteiger partial charge is 0.451 e. The molecule has 0 saturated heterocycles. The summed E-state index contributed by atoms with van der Waals surface area (Å²) in [5.74, 6) is -3.92. The van der Waals surface area contributed by atoms with Crippen molar-refractivity contribution in [1.82, 2.24) is 0 Å². The maximum Gasteiger partial charge on any atom is 0.451 e. The minimum Gasteiger partial charge on any atom is -0.384 e. The third-order valence-corrected chi connectivity index (χ3v) is 2.74. The van der Waals surface area contributed by atoms with Crippen LogP contribution in [0.2, 0.25) is 0 Å². The van der Waals surface area contributed by atoms with Gasteiger partial charge in [0.05, 0.1) is 0 Å². The molecule has 1 rings (SSSR count). The number of aliphatic hydroxyl groups is 1. The number of carbonyl (C=O) groups is 2. The summed E-state index contributed by atoms with van der Waals surface area (Å²) in [5, 5.41) is 9.45. The summed E-state index contributed by atoms with van der Waals surface area (Å²) in [7, 11) is 0.